The highest BCUT2D eigenvalue weighted by Gasteiger charge is 2.40. The largest absolute Gasteiger partial charge is 0.468 e. The topological polar surface area (TPSA) is 84.4 Å². The van der Waals surface area contributed by atoms with E-state index in [0.29, 0.717) is 28.2 Å². The highest BCUT2D eigenvalue weighted by Crippen LogP contribution is 2.41. The van der Waals surface area contributed by atoms with Gasteiger partial charge in [0, 0.05) is 17.4 Å². The number of hydrogen-bond acceptors (Lipinski definition) is 6. The van der Waals surface area contributed by atoms with Crippen LogP contribution in [0, 0.1) is 5.92 Å². The summed E-state index contributed by atoms with van der Waals surface area (Å²) in [6.45, 7) is 8.18. The molecular weight excluding hydrogens is 398 g/mol. The number of nitrogens with zero attached hydrogens (tertiary/aromatic N) is 2. The van der Waals surface area contributed by atoms with Gasteiger partial charge in [0.2, 0.25) is 0 Å². The van der Waals surface area contributed by atoms with E-state index in [4.69, 9.17) is 4.74 Å². The van der Waals surface area contributed by atoms with Crippen molar-refractivity contribution in [2.24, 2.45) is 10.9 Å². The molecular formula is C23H29N3O3S. The molecule has 0 bridgehead atoms. The molecule has 0 radical (unpaired) electrons. The van der Waals surface area contributed by atoms with E-state index < -0.39 is 17.8 Å². The Morgan fingerprint density at radius 1 is 1.27 bits per heavy atom. The predicted molar refractivity (Wildman–Crippen MR) is 121 cm³/mol. The van der Waals surface area contributed by atoms with Gasteiger partial charge in [-0.2, -0.15) is 0 Å². The molecule has 2 unspecified atom stereocenters. The minimum absolute atomic E-state index is 0.248. The van der Waals surface area contributed by atoms with Crippen LogP contribution in [0.3, 0.4) is 0 Å². The number of fused-ring (bicyclic) bond motifs is 1. The second-order valence-electron chi connectivity index (χ2n) is 7.86. The number of aromatic nitrogens is 2. The number of rotatable bonds is 7. The summed E-state index contributed by atoms with van der Waals surface area (Å²) in [5, 5.41) is 0.564. The molecule has 0 saturated heterocycles. The standard InChI is InChI=1S/C23H29N3O3S/c1-6-7-12-30-23-25-20-19(21(27)26-23)18(17(14(4)24-20)22(28)29-5)16-10-8-15(9-11-16)13(2)3/h8-11,13,17-18H,6-7,12H2,1-5H3,(H,25,26,27). The van der Waals surface area contributed by atoms with Gasteiger partial charge in [-0.15, -0.1) is 0 Å². The second-order valence-corrected chi connectivity index (χ2v) is 8.95. The minimum Gasteiger partial charge on any atom is -0.468 e. The lowest BCUT2D eigenvalue weighted by Crippen LogP contribution is -2.36. The summed E-state index contributed by atoms with van der Waals surface area (Å²) >= 11 is 1.52. The highest BCUT2D eigenvalue weighted by atomic mass is 32.2. The van der Waals surface area contributed by atoms with Gasteiger partial charge in [0.25, 0.3) is 5.56 Å². The van der Waals surface area contributed by atoms with Gasteiger partial charge in [0.15, 0.2) is 11.0 Å². The van der Waals surface area contributed by atoms with E-state index in [2.05, 4.69) is 35.7 Å². The average molecular weight is 428 g/mol. The van der Waals surface area contributed by atoms with Gasteiger partial charge in [-0.25, -0.2) is 9.98 Å². The summed E-state index contributed by atoms with van der Waals surface area (Å²) in [7, 11) is 1.36. The lowest BCUT2D eigenvalue weighted by molar-refractivity contribution is -0.143. The second kappa shape index (κ2) is 9.60. The van der Waals surface area contributed by atoms with Crippen LogP contribution in [0.25, 0.3) is 0 Å². The SMILES string of the molecule is CCCCSc1nc2c(c(=O)[nH]1)C(c1ccc(C(C)C)cc1)C(C(=O)OC)C(C)=N2. The molecule has 0 amide bonds. The third-order valence-corrected chi connectivity index (χ3v) is 6.40. The first kappa shape index (κ1) is 22.3. The Hall–Kier alpha value is -2.41. The maximum absolute atomic E-state index is 13.1. The minimum atomic E-state index is -0.658. The van der Waals surface area contributed by atoms with E-state index in [0.717, 1.165) is 24.2 Å². The van der Waals surface area contributed by atoms with Crippen LogP contribution < -0.4 is 5.56 Å². The summed E-state index contributed by atoms with van der Waals surface area (Å²) in [4.78, 5) is 37.8. The first-order valence-electron chi connectivity index (χ1n) is 10.4. The number of carbonyl (C=O) groups is 1. The van der Waals surface area contributed by atoms with Gasteiger partial charge in [0.05, 0.1) is 12.7 Å². The van der Waals surface area contributed by atoms with Crippen LogP contribution >= 0.6 is 11.8 Å². The van der Waals surface area contributed by atoms with Crippen LogP contribution in [0.2, 0.25) is 0 Å². The summed E-state index contributed by atoms with van der Waals surface area (Å²) in [6, 6.07) is 8.07. The Morgan fingerprint density at radius 3 is 2.57 bits per heavy atom. The molecule has 1 aromatic carbocycles. The van der Waals surface area contributed by atoms with Crippen molar-refractivity contribution >= 4 is 29.3 Å². The van der Waals surface area contributed by atoms with Gasteiger partial charge in [-0.3, -0.25) is 9.59 Å². The van der Waals surface area contributed by atoms with Gasteiger partial charge in [-0.1, -0.05) is 63.2 Å². The molecule has 2 atom stereocenters. The number of benzene rings is 1. The molecule has 6 nitrogen and oxygen atoms in total. The Labute approximate surface area is 181 Å². The molecule has 30 heavy (non-hydrogen) atoms. The number of methoxy groups -OCH3 is 1. The van der Waals surface area contributed by atoms with E-state index in [1.165, 1.54) is 24.4 Å². The monoisotopic (exact) mass is 427 g/mol. The van der Waals surface area contributed by atoms with Crippen molar-refractivity contribution in [1.29, 1.82) is 0 Å². The Kier molecular flexibility index (Phi) is 7.13. The zero-order chi connectivity index (χ0) is 21.8. The van der Waals surface area contributed by atoms with Crippen LogP contribution in [0.5, 0.6) is 0 Å². The molecule has 0 fully saturated rings. The smallest absolute Gasteiger partial charge is 0.315 e. The van der Waals surface area contributed by atoms with Crippen molar-refractivity contribution in [2.45, 2.75) is 57.5 Å². The molecule has 1 aliphatic rings. The normalized spacial score (nSPS) is 18.1. The molecule has 2 heterocycles. The molecule has 3 rings (SSSR count). The number of nitrogens with one attached hydrogen (secondary N) is 1. The summed E-state index contributed by atoms with van der Waals surface area (Å²) < 4.78 is 5.06. The molecule has 0 saturated carbocycles. The van der Waals surface area contributed by atoms with Crippen LogP contribution in [0.15, 0.2) is 39.2 Å². The number of thioether (sulfide) groups is 1. The number of aliphatic imine (C=N–C) groups is 1. The molecule has 1 N–H and O–H groups in total. The number of ether oxygens (including phenoxy) is 1. The van der Waals surface area contributed by atoms with Crippen molar-refractivity contribution in [1.82, 2.24) is 9.97 Å². The fourth-order valence-electron chi connectivity index (χ4n) is 3.72. The maximum Gasteiger partial charge on any atom is 0.315 e. The van der Waals surface area contributed by atoms with Gasteiger partial charge >= 0.3 is 5.97 Å². The molecule has 0 spiro atoms. The zero-order valence-corrected chi connectivity index (χ0v) is 19.0. The molecule has 2 aromatic rings. The number of H-pyrrole nitrogens is 1. The lowest BCUT2D eigenvalue weighted by atomic mass is 9.77. The van der Waals surface area contributed by atoms with Gasteiger partial charge in [0.1, 0.15) is 5.92 Å². The van der Waals surface area contributed by atoms with Gasteiger partial charge < -0.3 is 9.72 Å². The number of aromatic amines is 1. The third kappa shape index (κ3) is 4.51. The van der Waals surface area contributed by atoms with E-state index >= 15 is 0 Å². The van der Waals surface area contributed by atoms with Crippen molar-refractivity contribution in [3.05, 3.63) is 51.3 Å². The molecule has 1 aromatic heterocycles. The maximum atomic E-state index is 13.1. The number of hydrogen-bond donors (Lipinski definition) is 1. The first-order valence-corrected chi connectivity index (χ1v) is 11.4. The first-order chi connectivity index (χ1) is 14.4. The van der Waals surface area contributed by atoms with Crippen LogP contribution in [0.1, 0.15) is 69.1 Å². The van der Waals surface area contributed by atoms with Crippen molar-refractivity contribution in [3.8, 4) is 0 Å². The quantitative estimate of drug-likeness (QED) is 0.297. The molecule has 7 heteroatoms. The Balaban J connectivity index is 2.12. The summed E-state index contributed by atoms with van der Waals surface area (Å²) in [5.74, 6) is 0.122. The fraction of sp³-hybridized carbons (Fsp3) is 0.478. The van der Waals surface area contributed by atoms with Crippen molar-refractivity contribution < 1.29 is 9.53 Å². The van der Waals surface area contributed by atoms with E-state index in [9.17, 15) is 9.59 Å². The number of unbranched alkanes of at least 4 members (excludes halogenated alkanes) is 1. The Bertz CT molecular complexity index is 996. The van der Waals surface area contributed by atoms with E-state index in [1.807, 2.05) is 24.3 Å². The van der Waals surface area contributed by atoms with Crippen LogP contribution in [-0.4, -0.2) is 34.5 Å². The lowest BCUT2D eigenvalue weighted by Gasteiger charge is -2.29. The van der Waals surface area contributed by atoms with Crippen molar-refractivity contribution in [3.63, 3.8) is 0 Å². The number of carbonyl (C=O) groups excluding carboxylic acids is 1. The van der Waals surface area contributed by atoms with Crippen LogP contribution in [-0.2, 0) is 9.53 Å². The summed E-state index contributed by atoms with van der Waals surface area (Å²) in [6.07, 6.45) is 2.12. The van der Waals surface area contributed by atoms with Gasteiger partial charge in [-0.05, 0) is 30.4 Å². The van der Waals surface area contributed by atoms with Crippen molar-refractivity contribution in [2.75, 3.05) is 12.9 Å². The van der Waals surface area contributed by atoms with E-state index in [-0.39, 0.29) is 5.56 Å². The van der Waals surface area contributed by atoms with Crippen LogP contribution in [0.4, 0.5) is 5.82 Å². The highest BCUT2D eigenvalue weighted by molar-refractivity contribution is 7.99. The molecule has 0 aliphatic carbocycles. The zero-order valence-electron chi connectivity index (χ0n) is 18.2. The molecule has 1 aliphatic heterocycles. The summed E-state index contributed by atoms with van der Waals surface area (Å²) in [5.41, 5.74) is 2.86. The number of esters is 1. The predicted octanol–water partition coefficient (Wildman–Crippen LogP) is 4.81. The Morgan fingerprint density at radius 2 is 1.97 bits per heavy atom. The van der Waals surface area contributed by atoms with E-state index in [1.54, 1.807) is 6.92 Å². The average Bonchev–Trinajstić information content (AvgIpc) is 2.72. The fourth-order valence-corrected chi connectivity index (χ4v) is 4.67. The third-order valence-electron chi connectivity index (χ3n) is 5.44. The molecule has 160 valence electrons.